The van der Waals surface area contributed by atoms with Gasteiger partial charge in [-0.15, -0.1) is 0 Å². The Kier molecular flexibility index (Phi) is 1.95. The van der Waals surface area contributed by atoms with Crippen LogP contribution in [0.25, 0.3) is 0 Å². The fourth-order valence-electron chi connectivity index (χ4n) is 1.79. The van der Waals surface area contributed by atoms with Gasteiger partial charge in [-0.1, -0.05) is 0 Å². The maximum atomic E-state index is 11.2. The van der Waals surface area contributed by atoms with E-state index in [4.69, 9.17) is 9.47 Å². The molecule has 72 valence electrons. The summed E-state index contributed by atoms with van der Waals surface area (Å²) in [5, 5.41) is 0. The van der Waals surface area contributed by atoms with Crippen molar-refractivity contribution in [1.82, 2.24) is 0 Å². The number of hydrogen-bond acceptors (Lipinski definition) is 5. The maximum Gasteiger partial charge on any atom is 0.323 e. The van der Waals surface area contributed by atoms with Crippen LogP contribution in [0, 0.1) is 11.8 Å². The van der Waals surface area contributed by atoms with E-state index in [1.165, 1.54) is 7.11 Å². The largest absolute Gasteiger partial charge is 0.468 e. The standard InChI is InChI=1S/C8H10O5/c1-11-6(9)5-4-2-3-12-8(4)13-7(5)10/h4-5,8H,2-3H2,1H3. The van der Waals surface area contributed by atoms with Gasteiger partial charge in [0, 0.05) is 5.92 Å². The maximum absolute atomic E-state index is 11.2. The summed E-state index contributed by atoms with van der Waals surface area (Å²) in [7, 11) is 1.26. The first-order chi connectivity index (χ1) is 6.24. The molecule has 3 atom stereocenters. The molecule has 0 aromatic heterocycles. The van der Waals surface area contributed by atoms with Gasteiger partial charge < -0.3 is 14.2 Å². The summed E-state index contributed by atoms with van der Waals surface area (Å²) in [5.74, 6) is -1.98. The Bertz CT molecular complexity index is 241. The molecule has 2 aliphatic rings. The molecular weight excluding hydrogens is 176 g/mol. The van der Waals surface area contributed by atoms with Crippen LogP contribution < -0.4 is 0 Å². The van der Waals surface area contributed by atoms with Gasteiger partial charge in [-0.3, -0.25) is 9.59 Å². The molecule has 3 unspecified atom stereocenters. The van der Waals surface area contributed by atoms with Crippen LogP contribution in [-0.4, -0.2) is 31.9 Å². The minimum atomic E-state index is -0.780. The fraction of sp³-hybridized carbons (Fsp3) is 0.750. The van der Waals surface area contributed by atoms with E-state index in [1.54, 1.807) is 0 Å². The number of methoxy groups -OCH3 is 1. The van der Waals surface area contributed by atoms with Crippen molar-refractivity contribution >= 4 is 11.9 Å². The third-order valence-corrected chi connectivity index (χ3v) is 2.45. The lowest BCUT2D eigenvalue weighted by Gasteiger charge is -2.08. The Labute approximate surface area is 74.9 Å². The molecule has 5 heteroatoms. The van der Waals surface area contributed by atoms with Gasteiger partial charge in [0.1, 0.15) is 0 Å². The second kappa shape index (κ2) is 2.99. The zero-order chi connectivity index (χ0) is 9.42. The molecule has 2 heterocycles. The number of hydrogen-bond donors (Lipinski definition) is 0. The molecule has 2 rings (SSSR count). The van der Waals surface area contributed by atoms with Crippen LogP contribution >= 0.6 is 0 Å². The van der Waals surface area contributed by atoms with Crippen LogP contribution in [-0.2, 0) is 23.8 Å². The summed E-state index contributed by atoms with van der Waals surface area (Å²) in [6.07, 6.45) is 0.146. The molecule has 0 spiro atoms. The van der Waals surface area contributed by atoms with E-state index < -0.39 is 24.1 Å². The van der Waals surface area contributed by atoms with E-state index in [0.29, 0.717) is 13.0 Å². The molecule has 13 heavy (non-hydrogen) atoms. The number of carbonyl (C=O) groups is 2. The van der Waals surface area contributed by atoms with Gasteiger partial charge >= 0.3 is 11.9 Å². The highest BCUT2D eigenvalue weighted by Gasteiger charge is 2.52. The Morgan fingerprint density at radius 3 is 3.08 bits per heavy atom. The Morgan fingerprint density at radius 1 is 1.62 bits per heavy atom. The molecule has 2 aliphatic heterocycles. The molecule has 2 fully saturated rings. The summed E-state index contributed by atoms with van der Waals surface area (Å²) < 4.78 is 14.5. The van der Waals surface area contributed by atoms with Crippen molar-refractivity contribution in [2.24, 2.45) is 11.8 Å². The second-order valence-corrected chi connectivity index (χ2v) is 3.13. The molecule has 0 saturated carbocycles. The summed E-state index contributed by atoms with van der Waals surface area (Å²) in [6, 6.07) is 0. The lowest BCUT2D eigenvalue weighted by atomic mass is 9.93. The quantitative estimate of drug-likeness (QED) is 0.415. The van der Waals surface area contributed by atoms with Crippen LogP contribution in [0.1, 0.15) is 6.42 Å². The first-order valence-electron chi connectivity index (χ1n) is 4.14. The topological polar surface area (TPSA) is 61.8 Å². The highest BCUT2D eigenvalue weighted by atomic mass is 16.7. The van der Waals surface area contributed by atoms with Crippen molar-refractivity contribution in [3.63, 3.8) is 0 Å². The van der Waals surface area contributed by atoms with Gasteiger partial charge in [-0.05, 0) is 6.42 Å². The smallest absolute Gasteiger partial charge is 0.323 e. The zero-order valence-electron chi connectivity index (χ0n) is 7.19. The number of esters is 2. The van der Waals surface area contributed by atoms with E-state index >= 15 is 0 Å². The van der Waals surface area contributed by atoms with Gasteiger partial charge in [-0.2, -0.15) is 0 Å². The molecule has 0 bridgehead atoms. The Balaban J connectivity index is 2.16. The minimum absolute atomic E-state index is 0.153. The average molecular weight is 186 g/mol. The van der Waals surface area contributed by atoms with Crippen LogP contribution in [0.5, 0.6) is 0 Å². The number of fused-ring (bicyclic) bond motifs is 1. The van der Waals surface area contributed by atoms with E-state index in [1.807, 2.05) is 0 Å². The van der Waals surface area contributed by atoms with E-state index in [9.17, 15) is 9.59 Å². The normalized spacial score (nSPS) is 37.0. The average Bonchev–Trinajstić information content (AvgIpc) is 2.62. The summed E-state index contributed by atoms with van der Waals surface area (Å²) in [5.41, 5.74) is 0. The zero-order valence-corrected chi connectivity index (χ0v) is 7.19. The number of rotatable bonds is 1. The SMILES string of the molecule is COC(=O)C1C(=O)OC2OCCC21. The monoisotopic (exact) mass is 186 g/mol. The summed E-state index contributed by atoms with van der Waals surface area (Å²) >= 11 is 0. The first kappa shape index (κ1) is 8.50. The van der Waals surface area contributed by atoms with Gasteiger partial charge in [0.25, 0.3) is 0 Å². The molecular formula is C8H10O5. The van der Waals surface area contributed by atoms with E-state index in [2.05, 4.69) is 4.74 Å². The second-order valence-electron chi connectivity index (χ2n) is 3.13. The molecule has 0 amide bonds. The minimum Gasteiger partial charge on any atom is -0.468 e. The van der Waals surface area contributed by atoms with E-state index in [-0.39, 0.29) is 5.92 Å². The van der Waals surface area contributed by atoms with Crippen molar-refractivity contribution in [3.05, 3.63) is 0 Å². The van der Waals surface area contributed by atoms with Crippen molar-refractivity contribution in [2.75, 3.05) is 13.7 Å². The van der Waals surface area contributed by atoms with Crippen molar-refractivity contribution < 1.29 is 23.8 Å². The highest BCUT2D eigenvalue weighted by Crippen LogP contribution is 2.36. The Hall–Kier alpha value is -1.10. The van der Waals surface area contributed by atoms with Gasteiger partial charge in [-0.25, -0.2) is 0 Å². The van der Waals surface area contributed by atoms with Crippen LogP contribution in [0.15, 0.2) is 0 Å². The predicted octanol–water partition coefficient (Wildman–Crippen LogP) is -0.305. The van der Waals surface area contributed by atoms with Crippen LogP contribution in [0.2, 0.25) is 0 Å². The van der Waals surface area contributed by atoms with Gasteiger partial charge in [0.05, 0.1) is 13.7 Å². The van der Waals surface area contributed by atoms with Crippen molar-refractivity contribution in [3.8, 4) is 0 Å². The van der Waals surface area contributed by atoms with Crippen LogP contribution in [0.3, 0.4) is 0 Å². The predicted molar refractivity (Wildman–Crippen MR) is 39.4 cm³/mol. The lowest BCUT2D eigenvalue weighted by Crippen LogP contribution is -2.26. The molecule has 2 saturated heterocycles. The lowest BCUT2D eigenvalue weighted by molar-refractivity contribution is -0.162. The molecule has 0 aliphatic carbocycles. The van der Waals surface area contributed by atoms with Crippen molar-refractivity contribution in [1.29, 1.82) is 0 Å². The molecule has 0 radical (unpaired) electrons. The third-order valence-electron chi connectivity index (χ3n) is 2.45. The summed E-state index contributed by atoms with van der Waals surface area (Å²) in [6.45, 7) is 0.538. The molecule has 0 N–H and O–H groups in total. The fourth-order valence-corrected chi connectivity index (χ4v) is 1.79. The highest BCUT2D eigenvalue weighted by molar-refractivity contribution is 5.96. The van der Waals surface area contributed by atoms with Gasteiger partial charge in [0.15, 0.2) is 5.92 Å². The molecule has 5 nitrogen and oxygen atoms in total. The van der Waals surface area contributed by atoms with Gasteiger partial charge in [0.2, 0.25) is 6.29 Å². The number of ether oxygens (including phenoxy) is 3. The number of carbonyl (C=O) groups excluding carboxylic acids is 2. The first-order valence-corrected chi connectivity index (χ1v) is 4.14. The molecule has 0 aromatic rings. The van der Waals surface area contributed by atoms with E-state index in [0.717, 1.165) is 0 Å². The van der Waals surface area contributed by atoms with Crippen molar-refractivity contribution in [2.45, 2.75) is 12.7 Å². The third kappa shape index (κ3) is 1.19. The van der Waals surface area contributed by atoms with Crippen LogP contribution in [0.4, 0.5) is 0 Å². The summed E-state index contributed by atoms with van der Waals surface area (Å²) in [4.78, 5) is 22.4. The Morgan fingerprint density at radius 2 is 2.38 bits per heavy atom. The molecule has 0 aromatic carbocycles.